The average molecular weight is 663 g/mol. The van der Waals surface area contributed by atoms with Gasteiger partial charge in [-0.25, -0.2) is 4.68 Å². The number of ether oxygens (including phenoxy) is 2. The molecule has 0 bridgehead atoms. The van der Waals surface area contributed by atoms with Crippen LogP contribution in [0.3, 0.4) is 0 Å². The van der Waals surface area contributed by atoms with Crippen LogP contribution in [0.2, 0.25) is 0 Å². The second kappa shape index (κ2) is 13.3. The molecule has 224 valence electrons. The van der Waals surface area contributed by atoms with E-state index >= 15 is 0 Å². The number of thioether (sulfide) groups is 1. The number of hydrogen-bond acceptors (Lipinski definition) is 7. The van der Waals surface area contributed by atoms with E-state index in [-0.39, 0.29) is 5.91 Å². The van der Waals surface area contributed by atoms with E-state index in [1.165, 1.54) is 0 Å². The van der Waals surface area contributed by atoms with Gasteiger partial charge in [0.25, 0.3) is 5.91 Å². The van der Waals surface area contributed by atoms with Crippen LogP contribution in [-0.2, 0) is 11.4 Å². The molecule has 0 spiro atoms. The normalized spacial score (nSPS) is 14.3. The zero-order valence-electron chi connectivity index (χ0n) is 25.2. The van der Waals surface area contributed by atoms with E-state index in [1.54, 1.807) is 23.6 Å². The number of benzene rings is 3. The van der Waals surface area contributed by atoms with Gasteiger partial charge in [0.1, 0.15) is 12.6 Å². The van der Waals surface area contributed by atoms with Crippen molar-refractivity contribution in [2.75, 3.05) is 23.5 Å². The lowest BCUT2D eigenvalue weighted by molar-refractivity contribution is -0.113. The van der Waals surface area contributed by atoms with Crippen molar-refractivity contribution in [3.63, 3.8) is 0 Å². The number of nitrogens with one attached hydrogen (secondary N) is 2. The molecule has 1 aromatic heterocycles. The van der Waals surface area contributed by atoms with Crippen molar-refractivity contribution in [2.45, 2.75) is 58.8 Å². The van der Waals surface area contributed by atoms with E-state index in [0.29, 0.717) is 45.0 Å². The molecule has 43 heavy (non-hydrogen) atoms. The zero-order chi connectivity index (χ0) is 30.7. The highest BCUT2D eigenvalue weighted by Gasteiger charge is 2.35. The Morgan fingerprint density at radius 3 is 2.60 bits per heavy atom. The molecule has 1 atom stereocenters. The van der Waals surface area contributed by atoms with Crippen LogP contribution in [0.25, 0.3) is 0 Å². The molecule has 2 heterocycles. The van der Waals surface area contributed by atoms with Gasteiger partial charge >= 0.3 is 0 Å². The number of carbonyl (C=O) groups excluding carboxylic acids is 1. The molecule has 1 amide bonds. The average Bonchev–Trinajstić information content (AvgIpc) is 3.38. The van der Waals surface area contributed by atoms with Crippen LogP contribution in [0.15, 0.2) is 75.5 Å². The molecule has 5 rings (SSSR count). The second-order valence-electron chi connectivity index (χ2n) is 10.6. The van der Waals surface area contributed by atoms with E-state index in [1.807, 2.05) is 63.2 Å². The van der Waals surface area contributed by atoms with Gasteiger partial charge in [0.15, 0.2) is 11.5 Å². The number of anilines is 2. The van der Waals surface area contributed by atoms with Gasteiger partial charge in [0.2, 0.25) is 11.1 Å². The summed E-state index contributed by atoms with van der Waals surface area (Å²) in [6.07, 6.45) is 1.00. The summed E-state index contributed by atoms with van der Waals surface area (Å²) in [7, 11) is 1.61. The lowest BCUT2D eigenvalue weighted by Crippen LogP contribution is -2.31. The first-order valence-corrected chi connectivity index (χ1v) is 16.0. The summed E-state index contributed by atoms with van der Waals surface area (Å²) in [5, 5.41) is 12.0. The number of aromatic nitrogens is 3. The van der Waals surface area contributed by atoms with E-state index in [2.05, 4.69) is 52.5 Å². The second-order valence-corrected chi connectivity index (χ2v) is 12.5. The molecular formula is C33H36BrN5O3S. The van der Waals surface area contributed by atoms with Crippen molar-refractivity contribution in [3.05, 3.63) is 98.2 Å². The fraction of sp³-hybridized carbons (Fsp3) is 0.303. The monoisotopic (exact) mass is 661 g/mol. The van der Waals surface area contributed by atoms with Crippen LogP contribution in [0, 0.1) is 20.8 Å². The number of nitrogens with zero attached hydrogens (tertiary/aromatic N) is 3. The van der Waals surface area contributed by atoms with Gasteiger partial charge in [-0.05, 0) is 90.5 Å². The van der Waals surface area contributed by atoms with Crippen molar-refractivity contribution >= 4 is 45.2 Å². The number of methoxy groups -OCH3 is 1. The Morgan fingerprint density at radius 1 is 1.09 bits per heavy atom. The summed E-state index contributed by atoms with van der Waals surface area (Å²) in [4.78, 5) is 18.8. The summed E-state index contributed by atoms with van der Waals surface area (Å²) < 4.78 is 14.6. The van der Waals surface area contributed by atoms with E-state index in [4.69, 9.17) is 19.6 Å². The minimum Gasteiger partial charge on any atom is -0.493 e. The van der Waals surface area contributed by atoms with Gasteiger partial charge in [-0.3, -0.25) is 4.79 Å². The van der Waals surface area contributed by atoms with Crippen LogP contribution in [0.4, 0.5) is 11.6 Å². The van der Waals surface area contributed by atoms with Gasteiger partial charge in [0, 0.05) is 17.1 Å². The first-order valence-electron chi connectivity index (χ1n) is 14.2. The van der Waals surface area contributed by atoms with Crippen LogP contribution in [0.5, 0.6) is 11.5 Å². The molecule has 8 nitrogen and oxygen atoms in total. The number of amides is 1. The zero-order valence-corrected chi connectivity index (χ0v) is 27.6. The van der Waals surface area contributed by atoms with Crippen LogP contribution < -0.4 is 20.1 Å². The first kappa shape index (κ1) is 30.7. The van der Waals surface area contributed by atoms with Crippen molar-refractivity contribution in [2.24, 2.45) is 0 Å². The van der Waals surface area contributed by atoms with Crippen LogP contribution in [-0.4, -0.2) is 33.5 Å². The smallest absolute Gasteiger partial charge is 0.255 e. The first-order chi connectivity index (χ1) is 20.7. The standard InChI is InChI=1S/C33H36BrN5O3S/c1-7-14-43-33-37-32-35-22(5)28(31(40)36-26-13-12-19(2)15-21(26)4)29(39(32)38-33)24-16-25(34)30(27(17-24)41-6)42-18-23-11-9-8-10-20(23)3/h8-13,15-17,29H,7,14,18H2,1-6H3,(H,36,40)(H,35,37,38). The molecule has 1 aliphatic heterocycles. The Kier molecular flexibility index (Phi) is 9.46. The summed E-state index contributed by atoms with van der Waals surface area (Å²) in [5.74, 6) is 2.39. The Hall–Kier alpha value is -3.76. The van der Waals surface area contributed by atoms with Crippen LogP contribution in [0.1, 0.15) is 54.1 Å². The van der Waals surface area contributed by atoms with Gasteiger partial charge in [-0.15, -0.1) is 5.10 Å². The molecule has 4 aromatic rings. The summed E-state index contributed by atoms with van der Waals surface area (Å²) >= 11 is 5.32. The van der Waals surface area contributed by atoms with Gasteiger partial charge in [-0.2, -0.15) is 4.98 Å². The third kappa shape index (κ3) is 6.60. The molecular weight excluding hydrogens is 626 g/mol. The molecule has 10 heteroatoms. The minimum absolute atomic E-state index is 0.221. The summed E-state index contributed by atoms with van der Waals surface area (Å²) in [6, 6.07) is 17.4. The summed E-state index contributed by atoms with van der Waals surface area (Å²) in [6.45, 7) is 10.5. The number of allylic oxidation sites excluding steroid dienone is 1. The predicted molar refractivity (Wildman–Crippen MR) is 176 cm³/mol. The van der Waals surface area contributed by atoms with E-state index in [9.17, 15) is 4.79 Å². The maximum atomic E-state index is 14.0. The number of rotatable bonds is 10. The topological polar surface area (TPSA) is 90.3 Å². The molecule has 0 fully saturated rings. The Balaban J connectivity index is 1.56. The SMILES string of the molecule is CCCSc1nc2n(n1)C(c1cc(Br)c(OCc3ccccc3C)c(OC)c1)C(C(=O)Nc1ccc(C)cc1C)=C(C)N2. The number of carbonyl (C=O) groups is 1. The third-order valence-corrected chi connectivity index (χ3v) is 8.98. The Bertz CT molecular complexity index is 1700. The lowest BCUT2D eigenvalue weighted by atomic mass is 9.94. The number of halogens is 1. The number of aryl methyl sites for hydroxylation is 3. The van der Waals surface area contributed by atoms with Crippen molar-refractivity contribution in [1.29, 1.82) is 0 Å². The predicted octanol–water partition coefficient (Wildman–Crippen LogP) is 7.98. The number of hydrogen-bond donors (Lipinski definition) is 2. The molecule has 0 radical (unpaired) electrons. The lowest BCUT2D eigenvalue weighted by Gasteiger charge is -2.29. The molecule has 1 unspecified atom stereocenters. The van der Waals surface area contributed by atoms with Crippen molar-refractivity contribution < 1.29 is 14.3 Å². The van der Waals surface area contributed by atoms with Gasteiger partial charge in [-0.1, -0.05) is 60.6 Å². The highest BCUT2D eigenvalue weighted by molar-refractivity contribution is 9.10. The highest BCUT2D eigenvalue weighted by atomic mass is 79.9. The maximum absolute atomic E-state index is 14.0. The highest BCUT2D eigenvalue weighted by Crippen LogP contribution is 2.43. The van der Waals surface area contributed by atoms with Crippen molar-refractivity contribution in [3.8, 4) is 11.5 Å². The largest absolute Gasteiger partial charge is 0.493 e. The van der Waals surface area contributed by atoms with E-state index < -0.39 is 6.04 Å². The Labute approximate surface area is 265 Å². The summed E-state index contributed by atoms with van der Waals surface area (Å²) in [5.41, 5.74) is 7.17. The van der Waals surface area contributed by atoms with Crippen molar-refractivity contribution in [1.82, 2.24) is 14.8 Å². The number of fused-ring (bicyclic) bond motifs is 1. The third-order valence-electron chi connectivity index (χ3n) is 7.34. The molecule has 0 saturated heterocycles. The molecule has 3 aromatic carbocycles. The van der Waals surface area contributed by atoms with Crippen LogP contribution >= 0.6 is 27.7 Å². The fourth-order valence-electron chi connectivity index (χ4n) is 5.09. The molecule has 0 saturated carbocycles. The fourth-order valence-corrected chi connectivity index (χ4v) is 6.35. The molecule has 0 aliphatic carbocycles. The quantitative estimate of drug-likeness (QED) is 0.167. The maximum Gasteiger partial charge on any atom is 0.255 e. The van der Waals surface area contributed by atoms with Gasteiger partial charge < -0.3 is 20.1 Å². The Morgan fingerprint density at radius 2 is 1.88 bits per heavy atom. The minimum atomic E-state index is -0.568. The molecule has 1 aliphatic rings. The van der Waals surface area contributed by atoms with Gasteiger partial charge in [0.05, 0.1) is 17.2 Å². The van der Waals surface area contributed by atoms with E-state index in [0.717, 1.165) is 45.7 Å². The molecule has 2 N–H and O–H groups in total.